The molecular weight excluding hydrogens is 312 g/mol. The molecule has 1 aliphatic heterocycles. The van der Waals surface area contributed by atoms with Gasteiger partial charge in [-0.05, 0) is 37.7 Å². The van der Waals surface area contributed by atoms with Crippen molar-refractivity contribution in [2.75, 3.05) is 17.8 Å². The highest BCUT2D eigenvalue weighted by molar-refractivity contribution is 7.90. The average Bonchev–Trinajstić information content (AvgIpc) is 2.99. The molecule has 0 unspecified atom stereocenters. The SMILES string of the molecule is O=C(O)c1c(NS(=O)(=O)N2CCCCC2)sc2c1CCC2. The van der Waals surface area contributed by atoms with E-state index in [1.54, 1.807) is 0 Å². The summed E-state index contributed by atoms with van der Waals surface area (Å²) in [5.74, 6) is -1.05. The van der Waals surface area contributed by atoms with E-state index in [1.165, 1.54) is 15.6 Å². The van der Waals surface area contributed by atoms with E-state index in [1.807, 2.05) is 0 Å². The lowest BCUT2D eigenvalue weighted by molar-refractivity contribution is 0.0697. The molecule has 0 bridgehead atoms. The maximum Gasteiger partial charge on any atom is 0.339 e. The van der Waals surface area contributed by atoms with Crippen LogP contribution in [0.5, 0.6) is 0 Å². The number of carbonyl (C=O) groups is 1. The second kappa shape index (κ2) is 5.58. The Kier molecular flexibility index (Phi) is 3.94. The molecule has 6 nitrogen and oxygen atoms in total. The summed E-state index contributed by atoms with van der Waals surface area (Å²) in [6.45, 7) is 1.01. The fourth-order valence-electron chi connectivity index (χ4n) is 2.99. The Labute approximate surface area is 128 Å². The van der Waals surface area contributed by atoms with Crippen LogP contribution in [0.2, 0.25) is 0 Å². The molecule has 1 aromatic rings. The van der Waals surface area contributed by atoms with E-state index < -0.39 is 16.2 Å². The van der Waals surface area contributed by atoms with Crippen LogP contribution in [0, 0.1) is 0 Å². The zero-order valence-corrected chi connectivity index (χ0v) is 13.2. The quantitative estimate of drug-likeness (QED) is 0.885. The maximum atomic E-state index is 12.4. The number of nitrogens with zero attached hydrogens (tertiary/aromatic N) is 1. The summed E-state index contributed by atoms with van der Waals surface area (Å²) < 4.78 is 28.7. The molecule has 0 radical (unpaired) electrons. The third-order valence-corrected chi connectivity index (χ3v) is 6.86. The largest absolute Gasteiger partial charge is 0.478 e. The molecule has 1 fully saturated rings. The van der Waals surface area contributed by atoms with E-state index in [4.69, 9.17) is 0 Å². The summed E-state index contributed by atoms with van der Waals surface area (Å²) in [5, 5.41) is 9.65. The number of rotatable bonds is 4. The number of piperidine rings is 1. The third kappa shape index (κ3) is 2.79. The molecule has 21 heavy (non-hydrogen) atoms. The van der Waals surface area contributed by atoms with Crippen LogP contribution in [0.25, 0.3) is 0 Å². The van der Waals surface area contributed by atoms with Crippen LogP contribution in [-0.4, -0.2) is 36.9 Å². The fraction of sp³-hybridized carbons (Fsp3) is 0.615. The zero-order valence-electron chi connectivity index (χ0n) is 11.6. The van der Waals surface area contributed by atoms with Gasteiger partial charge in [0, 0.05) is 18.0 Å². The molecule has 3 rings (SSSR count). The highest BCUT2D eigenvalue weighted by atomic mass is 32.2. The Hall–Kier alpha value is -1.12. The van der Waals surface area contributed by atoms with Crippen LogP contribution in [0.3, 0.4) is 0 Å². The number of anilines is 1. The van der Waals surface area contributed by atoms with Gasteiger partial charge in [0.15, 0.2) is 0 Å². The highest BCUT2D eigenvalue weighted by Crippen LogP contribution is 2.39. The number of carboxylic acid groups (broad SMARTS) is 1. The zero-order chi connectivity index (χ0) is 15.0. The molecule has 1 aromatic heterocycles. The number of nitrogens with one attached hydrogen (secondary N) is 1. The normalized spacial score (nSPS) is 19.4. The summed E-state index contributed by atoms with van der Waals surface area (Å²) in [7, 11) is -3.65. The van der Waals surface area contributed by atoms with Crippen LogP contribution in [0.4, 0.5) is 5.00 Å². The van der Waals surface area contributed by atoms with Crippen LogP contribution < -0.4 is 4.72 Å². The molecule has 1 saturated heterocycles. The van der Waals surface area contributed by atoms with Gasteiger partial charge in [0.2, 0.25) is 0 Å². The van der Waals surface area contributed by atoms with Crippen LogP contribution in [0.15, 0.2) is 0 Å². The number of aryl methyl sites for hydroxylation is 1. The number of aromatic carboxylic acids is 1. The van der Waals surface area contributed by atoms with Gasteiger partial charge in [-0.3, -0.25) is 4.72 Å². The first-order valence-electron chi connectivity index (χ1n) is 7.15. The minimum Gasteiger partial charge on any atom is -0.478 e. The lowest BCUT2D eigenvalue weighted by Crippen LogP contribution is -2.39. The van der Waals surface area contributed by atoms with Gasteiger partial charge in [0.25, 0.3) is 0 Å². The first kappa shape index (κ1) is 14.8. The van der Waals surface area contributed by atoms with Crippen molar-refractivity contribution in [1.29, 1.82) is 0 Å². The summed E-state index contributed by atoms with van der Waals surface area (Å²) in [6.07, 6.45) is 5.26. The lowest BCUT2D eigenvalue weighted by Gasteiger charge is -2.26. The Morgan fingerprint density at radius 2 is 1.86 bits per heavy atom. The van der Waals surface area contributed by atoms with Crippen molar-refractivity contribution in [2.24, 2.45) is 0 Å². The second-order valence-electron chi connectivity index (χ2n) is 5.43. The van der Waals surface area contributed by atoms with Crippen molar-refractivity contribution in [1.82, 2.24) is 4.31 Å². The molecule has 0 atom stereocenters. The molecule has 0 saturated carbocycles. The number of hydrogen-bond donors (Lipinski definition) is 2. The first-order valence-corrected chi connectivity index (χ1v) is 9.40. The van der Waals surface area contributed by atoms with Gasteiger partial charge in [-0.15, -0.1) is 11.3 Å². The van der Waals surface area contributed by atoms with Gasteiger partial charge in [0.05, 0.1) is 5.56 Å². The molecule has 2 heterocycles. The fourth-order valence-corrected chi connectivity index (χ4v) is 5.81. The molecular formula is C13H18N2O4S2. The highest BCUT2D eigenvalue weighted by Gasteiger charge is 2.30. The smallest absolute Gasteiger partial charge is 0.339 e. The topological polar surface area (TPSA) is 86.7 Å². The van der Waals surface area contributed by atoms with E-state index in [9.17, 15) is 18.3 Å². The van der Waals surface area contributed by atoms with Gasteiger partial charge in [0.1, 0.15) is 5.00 Å². The minimum atomic E-state index is -3.65. The monoisotopic (exact) mass is 330 g/mol. The molecule has 8 heteroatoms. The number of carboxylic acids is 1. The minimum absolute atomic E-state index is 0.146. The van der Waals surface area contributed by atoms with E-state index in [0.717, 1.165) is 49.0 Å². The van der Waals surface area contributed by atoms with Gasteiger partial charge < -0.3 is 5.11 Å². The van der Waals surface area contributed by atoms with E-state index in [0.29, 0.717) is 13.1 Å². The molecule has 0 amide bonds. The predicted molar refractivity (Wildman–Crippen MR) is 81.3 cm³/mol. The first-order chi connectivity index (χ1) is 9.99. The molecule has 2 N–H and O–H groups in total. The van der Waals surface area contributed by atoms with Crippen molar-refractivity contribution < 1.29 is 18.3 Å². The van der Waals surface area contributed by atoms with Crippen molar-refractivity contribution >= 4 is 32.5 Å². The van der Waals surface area contributed by atoms with E-state index in [2.05, 4.69) is 4.72 Å². The summed E-state index contributed by atoms with van der Waals surface area (Å²) >= 11 is 1.27. The van der Waals surface area contributed by atoms with Crippen molar-refractivity contribution in [2.45, 2.75) is 38.5 Å². The van der Waals surface area contributed by atoms with Gasteiger partial charge >= 0.3 is 16.2 Å². The van der Waals surface area contributed by atoms with Crippen molar-refractivity contribution in [3.8, 4) is 0 Å². The van der Waals surface area contributed by atoms with Crippen LogP contribution in [0.1, 0.15) is 46.5 Å². The second-order valence-corrected chi connectivity index (χ2v) is 8.21. The van der Waals surface area contributed by atoms with Gasteiger partial charge in [-0.25, -0.2) is 4.79 Å². The predicted octanol–water partition coefficient (Wildman–Crippen LogP) is 2.08. The van der Waals surface area contributed by atoms with Crippen molar-refractivity contribution in [3.05, 3.63) is 16.0 Å². The summed E-state index contributed by atoms with van der Waals surface area (Å²) in [5.41, 5.74) is 0.955. The average molecular weight is 330 g/mol. The Bertz CT molecular complexity index is 660. The Morgan fingerprint density at radius 1 is 1.14 bits per heavy atom. The number of thiophene rings is 1. The molecule has 0 spiro atoms. The number of fused-ring (bicyclic) bond motifs is 1. The van der Waals surface area contributed by atoms with Gasteiger partial charge in [-0.2, -0.15) is 12.7 Å². The standard InChI is InChI=1S/C13H18N2O4S2/c16-13(17)11-9-5-4-6-10(9)20-12(11)14-21(18,19)15-7-2-1-3-8-15/h14H,1-8H2,(H,16,17). The Balaban J connectivity index is 1.89. The molecule has 0 aromatic carbocycles. The number of hydrogen-bond acceptors (Lipinski definition) is 4. The molecule has 1 aliphatic carbocycles. The van der Waals surface area contributed by atoms with E-state index >= 15 is 0 Å². The maximum absolute atomic E-state index is 12.4. The lowest BCUT2D eigenvalue weighted by atomic mass is 10.1. The van der Waals surface area contributed by atoms with Crippen molar-refractivity contribution in [3.63, 3.8) is 0 Å². The molecule has 2 aliphatic rings. The summed E-state index contributed by atoms with van der Waals surface area (Å²) in [6, 6.07) is 0. The summed E-state index contributed by atoms with van der Waals surface area (Å²) in [4.78, 5) is 12.5. The van der Waals surface area contributed by atoms with Gasteiger partial charge in [-0.1, -0.05) is 6.42 Å². The Morgan fingerprint density at radius 3 is 2.52 bits per heavy atom. The molecule has 116 valence electrons. The third-order valence-electron chi connectivity index (χ3n) is 4.01. The van der Waals surface area contributed by atoms with Crippen LogP contribution in [-0.2, 0) is 23.1 Å². The van der Waals surface area contributed by atoms with Crippen LogP contribution >= 0.6 is 11.3 Å². The van der Waals surface area contributed by atoms with E-state index in [-0.39, 0.29) is 10.6 Å².